The highest BCUT2D eigenvalue weighted by Gasteiger charge is 2.28. The first-order valence-electron chi connectivity index (χ1n) is 5.68. The molecule has 3 aromatic rings. The van der Waals surface area contributed by atoms with E-state index in [1.807, 2.05) is 0 Å². The van der Waals surface area contributed by atoms with Crippen molar-refractivity contribution in [3.05, 3.63) is 50.2 Å². The molecule has 22 heavy (non-hydrogen) atoms. The lowest BCUT2D eigenvalue weighted by molar-refractivity contribution is 0.381. The molecule has 0 radical (unpaired) electrons. The average molecular weight is 442 g/mol. The lowest BCUT2D eigenvalue weighted by atomic mass is 10.1. The van der Waals surface area contributed by atoms with Crippen LogP contribution in [0.1, 0.15) is 0 Å². The third-order valence-electron chi connectivity index (χ3n) is 2.99. The normalized spacial score (nSPS) is 11.4. The number of rotatable bonds is 1. The Morgan fingerprint density at radius 1 is 0.773 bits per heavy atom. The highest BCUT2D eigenvalue weighted by atomic mass is 79.9. The molecule has 0 saturated carbocycles. The van der Waals surface area contributed by atoms with Gasteiger partial charge in [0.1, 0.15) is 11.3 Å². The van der Waals surface area contributed by atoms with Gasteiger partial charge in [0.15, 0.2) is 23.3 Å². The molecule has 0 aliphatic rings. The quantitative estimate of drug-likeness (QED) is 0.303. The number of fused-ring (bicyclic) bond motifs is 1. The summed E-state index contributed by atoms with van der Waals surface area (Å²) in [5.41, 5.74) is -0.465. The summed E-state index contributed by atoms with van der Waals surface area (Å²) in [6.07, 6.45) is 0. The molecule has 0 aliphatic heterocycles. The molecule has 1 N–H and O–H groups in total. The lowest BCUT2D eigenvalue weighted by Crippen LogP contribution is -2.04. The van der Waals surface area contributed by atoms with Crippen molar-refractivity contribution >= 4 is 42.9 Å². The average Bonchev–Trinajstić information content (AvgIpc) is 2.93. The van der Waals surface area contributed by atoms with Crippen LogP contribution in [-0.4, -0.2) is 9.97 Å². The second-order valence-corrected chi connectivity index (χ2v) is 5.99. The van der Waals surface area contributed by atoms with Gasteiger partial charge < -0.3 is 4.98 Å². The molecule has 0 spiro atoms. The molecule has 1 aromatic heterocycles. The minimum Gasteiger partial charge on any atom is -0.337 e. The lowest BCUT2D eigenvalue weighted by Gasteiger charge is -2.05. The van der Waals surface area contributed by atoms with Crippen molar-refractivity contribution in [2.24, 2.45) is 0 Å². The fourth-order valence-electron chi connectivity index (χ4n) is 1.96. The Morgan fingerprint density at radius 2 is 1.27 bits per heavy atom. The summed E-state index contributed by atoms with van der Waals surface area (Å²) in [5.74, 6) is -10.6. The zero-order chi connectivity index (χ0) is 16.2. The molecule has 0 saturated heterocycles. The number of nitrogens with zero attached hydrogens (tertiary/aromatic N) is 1. The van der Waals surface area contributed by atoms with E-state index in [1.165, 1.54) is 0 Å². The van der Waals surface area contributed by atoms with Gasteiger partial charge in [-0.15, -0.1) is 0 Å². The molecular formula is C13H3Br2F5N2. The predicted molar refractivity (Wildman–Crippen MR) is 76.7 cm³/mol. The zero-order valence-electron chi connectivity index (χ0n) is 10.2. The van der Waals surface area contributed by atoms with Gasteiger partial charge in [-0.3, -0.25) is 0 Å². The molecule has 114 valence electrons. The molecule has 3 rings (SSSR count). The van der Waals surface area contributed by atoms with Crippen LogP contribution in [0.3, 0.4) is 0 Å². The van der Waals surface area contributed by atoms with Crippen LogP contribution in [0.25, 0.3) is 22.4 Å². The van der Waals surface area contributed by atoms with Crippen molar-refractivity contribution in [1.29, 1.82) is 0 Å². The van der Waals surface area contributed by atoms with Crippen molar-refractivity contribution in [1.82, 2.24) is 9.97 Å². The minimum atomic E-state index is -2.21. The third-order valence-corrected chi connectivity index (χ3v) is 4.29. The van der Waals surface area contributed by atoms with Gasteiger partial charge in [0.05, 0.1) is 11.1 Å². The van der Waals surface area contributed by atoms with Crippen molar-refractivity contribution in [2.75, 3.05) is 0 Å². The van der Waals surface area contributed by atoms with Crippen molar-refractivity contribution in [3.8, 4) is 11.4 Å². The maximum absolute atomic E-state index is 13.8. The molecule has 0 bridgehead atoms. The number of H-pyrrole nitrogens is 1. The fraction of sp³-hybridized carbons (Fsp3) is 0. The first-order chi connectivity index (χ1) is 10.3. The number of aromatic nitrogens is 2. The Bertz CT molecular complexity index is 855. The number of imidazole rings is 1. The number of hydrogen-bond acceptors (Lipinski definition) is 1. The second kappa shape index (κ2) is 5.31. The van der Waals surface area contributed by atoms with E-state index < -0.39 is 40.5 Å². The van der Waals surface area contributed by atoms with Crippen LogP contribution < -0.4 is 0 Å². The van der Waals surface area contributed by atoms with Crippen LogP contribution >= 0.6 is 31.9 Å². The number of aromatic amines is 1. The SMILES string of the molecule is Fc1c(F)c(F)c(-c2nc3c(Br)ccc(Br)c3[nH]2)c(F)c1F. The molecular weight excluding hydrogens is 439 g/mol. The third kappa shape index (κ3) is 2.14. The molecule has 2 nitrogen and oxygen atoms in total. The molecule has 0 unspecified atom stereocenters. The van der Waals surface area contributed by atoms with Crippen molar-refractivity contribution in [3.63, 3.8) is 0 Å². The number of nitrogens with one attached hydrogen (secondary N) is 1. The molecule has 0 aliphatic carbocycles. The number of benzene rings is 2. The van der Waals surface area contributed by atoms with Gasteiger partial charge in [-0.05, 0) is 44.0 Å². The molecule has 9 heteroatoms. The van der Waals surface area contributed by atoms with Gasteiger partial charge in [0.2, 0.25) is 5.82 Å². The van der Waals surface area contributed by atoms with Crippen LogP contribution in [0.4, 0.5) is 22.0 Å². The standard InChI is InChI=1S/C13H3Br2F5N2/c14-3-1-2-4(15)12-11(3)21-13(22-12)5-6(16)8(18)10(20)9(19)7(5)17/h1-2H,(H,21,22). The van der Waals surface area contributed by atoms with Gasteiger partial charge in [0.25, 0.3) is 0 Å². The zero-order valence-corrected chi connectivity index (χ0v) is 13.4. The minimum absolute atomic E-state index is 0.285. The molecule has 1 heterocycles. The van der Waals surface area contributed by atoms with Gasteiger partial charge in [0, 0.05) is 8.95 Å². The summed E-state index contributed by atoms with van der Waals surface area (Å²) in [7, 11) is 0. The second-order valence-electron chi connectivity index (χ2n) is 4.28. The van der Waals surface area contributed by atoms with Crippen LogP contribution in [0.5, 0.6) is 0 Å². The fourth-order valence-corrected chi connectivity index (χ4v) is 2.80. The summed E-state index contributed by atoms with van der Waals surface area (Å²) in [4.78, 5) is 6.46. The van der Waals surface area contributed by atoms with E-state index in [-0.39, 0.29) is 5.52 Å². The van der Waals surface area contributed by atoms with E-state index in [2.05, 4.69) is 41.8 Å². The molecule has 0 amide bonds. The van der Waals surface area contributed by atoms with E-state index in [0.717, 1.165) is 0 Å². The van der Waals surface area contributed by atoms with E-state index in [4.69, 9.17) is 0 Å². The van der Waals surface area contributed by atoms with Gasteiger partial charge in [-0.25, -0.2) is 26.9 Å². The first kappa shape index (κ1) is 15.4. The maximum atomic E-state index is 13.8. The Morgan fingerprint density at radius 3 is 1.82 bits per heavy atom. The maximum Gasteiger partial charge on any atom is 0.200 e. The Hall–Kier alpha value is -1.48. The van der Waals surface area contributed by atoms with Crippen molar-refractivity contribution in [2.45, 2.75) is 0 Å². The van der Waals surface area contributed by atoms with Crippen LogP contribution in [0, 0.1) is 29.1 Å². The number of hydrogen-bond donors (Lipinski definition) is 1. The van der Waals surface area contributed by atoms with Gasteiger partial charge in [-0.2, -0.15) is 0 Å². The van der Waals surface area contributed by atoms with E-state index in [0.29, 0.717) is 14.5 Å². The summed E-state index contributed by atoms with van der Waals surface area (Å²) < 4.78 is 68.3. The van der Waals surface area contributed by atoms with Crippen LogP contribution in [-0.2, 0) is 0 Å². The largest absolute Gasteiger partial charge is 0.337 e. The first-order valence-corrected chi connectivity index (χ1v) is 7.27. The van der Waals surface area contributed by atoms with Crippen molar-refractivity contribution < 1.29 is 22.0 Å². The monoisotopic (exact) mass is 440 g/mol. The Balaban J connectivity index is 2.38. The van der Waals surface area contributed by atoms with E-state index >= 15 is 0 Å². The van der Waals surface area contributed by atoms with Gasteiger partial charge in [-0.1, -0.05) is 0 Å². The Labute approximate surface area is 136 Å². The van der Waals surface area contributed by atoms with Crippen LogP contribution in [0.15, 0.2) is 21.1 Å². The topological polar surface area (TPSA) is 28.7 Å². The van der Waals surface area contributed by atoms with Gasteiger partial charge >= 0.3 is 0 Å². The molecule has 0 fully saturated rings. The highest BCUT2D eigenvalue weighted by Crippen LogP contribution is 2.34. The summed E-state index contributed by atoms with van der Waals surface area (Å²) in [5, 5.41) is 0. The molecule has 0 atom stereocenters. The summed E-state index contributed by atoms with van der Waals surface area (Å²) in [6.45, 7) is 0. The molecule has 2 aromatic carbocycles. The summed E-state index contributed by atoms with van der Waals surface area (Å²) >= 11 is 6.40. The van der Waals surface area contributed by atoms with Crippen LogP contribution in [0.2, 0.25) is 0 Å². The predicted octanol–water partition coefficient (Wildman–Crippen LogP) is 5.45. The highest BCUT2D eigenvalue weighted by molar-refractivity contribution is 9.11. The summed E-state index contributed by atoms with van der Waals surface area (Å²) in [6, 6.07) is 3.25. The number of halogens is 7. The van der Waals surface area contributed by atoms with E-state index in [1.54, 1.807) is 12.1 Å². The van der Waals surface area contributed by atoms with E-state index in [9.17, 15) is 22.0 Å². The smallest absolute Gasteiger partial charge is 0.200 e. The Kier molecular flexibility index (Phi) is 3.72.